The number of halogens is 1. The summed E-state index contributed by atoms with van der Waals surface area (Å²) in [6.45, 7) is 1.97. The van der Waals surface area contributed by atoms with Gasteiger partial charge in [-0.1, -0.05) is 35.9 Å². The number of nitrogens with one attached hydrogen (secondary N) is 1. The maximum atomic E-state index is 12.8. The van der Waals surface area contributed by atoms with Gasteiger partial charge < -0.3 is 0 Å². The van der Waals surface area contributed by atoms with Crippen molar-refractivity contribution in [1.82, 2.24) is 20.4 Å². The Bertz CT molecular complexity index is 1140. The Labute approximate surface area is 170 Å². The van der Waals surface area contributed by atoms with Gasteiger partial charge in [0.15, 0.2) is 4.83 Å². The van der Waals surface area contributed by atoms with E-state index < -0.39 is 5.91 Å². The number of hydrazone groups is 1. The molecule has 1 aromatic carbocycles. The van der Waals surface area contributed by atoms with E-state index in [0.29, 0.717) is 21.2 Å². The van der Waals surface area contributed by atoms with Gasteiger partial charge in [0.2, 0.25) is 0 Å². The maximum absolute atomic E-state index is 12.8. The van der Waals surface area contributed by atoms with Crippen molar-refractivity contribution in [3.63, 3.8) is 0 Å². The summed E-state index contributed by atoms with van der Waals surface area (Å²) in [6, 6.07) is 7.08. The molecule has 9 heteroatoms. The number of carbonyl (C=O) groups excluding carboxylic acids is 1. The molecule has 0 radical (unpaired) electrons. The van der Waals surface area contributed by atoms with Gasteiger partial charge in [-0.05, 0) is 48.4 Å². The molecule has 4 rings (SSSR count). The monoisotopic (exact) mass is 415 g/mol. The second-order valence-corrected chi connectivity index (χ2v) is 8.45. The van der Waals surface area contributed by atoms with Gasteiger partial charge in [-0.3, -0.25) is 9.59 Å². The number of fused-ring (bicyclic) bond motifs is 3. The number of aryl methyl sites for hydroxylation is 1. The van der Waals surface area contributed by atoms with Crippen molar-refractivity contribution in [1.29, 1.82) is 0 Å². The molecule has 0 bridgehead atoms. The minimum atomic E-state index is -0.452. The standard InChI is InChI=1S/C19H18ClN5O2S/c1-11-5-6-14-15(7-11)28-18-17(14)19(27)25(24-23-18)10-16(26)22-21-9-12-3-2-4-13(20)8-12/h2-4,8-9,11H,5-7,10H2,1H3,(H,22,26)/b21-9-. The summed E-state index contributed by atoms with van der Waals surface area (Å²) in [5.74, 6) is 0.158. The fraction of sp³-hybridized carbons (Fsp3) is 0.316. The average molecular weight is 416 g/mol. The third-order valence-corrected chi connectivity index (χ3v) is 6.10. The van der Waals surface area contributed by atoms with Gasteiger partial charge >= 0.3 is 0 Å². The van der Waals surface area contributed by atoms with E-state index in [4.69, 9.17) is 11.6 Å². The number of rotatable bonds is 4. The number of nitrogens with zero attached hydrogens (tertiary/aromatic N) is 4. The molecule has 28 heavy (non-hydrogen) atoms. The summed E-state index contributed by atoms with van der Waals surface area (Å²) in [4.78, 5) is 26.9. The largest absolute Gasteiger partial charge is 0.279 e. The summed E-state index contributed by atoms with van der Waals surface area (Å²) in [5.41, 5.74) is 3.96. The van der Waals surface area contributed by atoms with Crippen LogP contribution in [0.2, 0.25) is 5.02 Å². The van der Waals surface area contributed by atoms with Crippen LogP contribution < -0.4 is 11.0 Å². The quantitative estimate of drug-likeness (QED) is 0.524. The first kappa shape index (κ1) is 18.8. The predicted molar refractivity (Wildman–Crippen MR) is 110 cm³/mol. The van der Waals surface area contributed by atoms with Crippen LogP contribution in [0.4, 0.5) is 0 Å². The van der Waals surface area contributed by atoms with Gasteiger partial charge in [0.05, 0.1) is 11.6 Å². The molecule has 1 aliphatic rings. The lowest BCUT2D eigenvalue weighted by atomic mass is 9.89. The Morgan fingerprint density at radius 2 is 2.36 bits per heavy atom. The van der Waals surface area contributed by atoms with E-state index in [1.54, 1.807) is 18.2 Å². The Kier molecular flexibility index (Phi) is 5.23. The topological polar surface area (TPSA) is 89.2 Å². The molecular weight excluding hydrogens is 398 g/mol. The van der Waals surface area contributed by atoms with Gasteiger partial charge in [0, 0.05) is 9.90 Å². The third-order valence-electron chi connectivity index (χ3n) is 4.73. The number of carbonyl (C=O) groups is 1. The molecule has 2 heterocycles. The Morgan fingerprint density at radius 3 is 3.18 bits per heavy atom. The minimum Gasteiger partial charge on any atom is -0.271 e. The summed E-state index contributed by atoms with van der Waals surface area (Å²) in [7, 11) is 0. The summed E-state index contributed by atoms with van der Waals surface area (Å²) in [5, 5.41) is 13.2. The van der Waals surface area contributed by atoms with Crippen LogP contribution in [0, 0.1) is 5.92 Å². The first-order valence-corrected chi connectivity index (χ1v) is 10.2. The van der Waals surface area contributed by atoms with Gasteiger partial charge in [0.25, 0.3) is 11.5 Å². The van der Waals surface area contributed by atoms with E-state index in [2.05, 4.69) is 27.8 Å². The number of benzene rings is 1. The van der Waals surface area contributed by atoms with Crippen LogP contribution in [0.15, 0.2) is 34.2 Å². The van der Waals surface area contributed by atoms with Crippen molar-refractivity contribution in [2.75, 3.05) is 0 Å². The molecule has 1 aliphatic carbocycles. The van der Waals surface area contributed by atoms with E-state index >= 15 is 0 Å². The molecule has 1 unspecified atom stereocenters. The molecule has 7 nitrogen and oxygen atoms in total. The SMILES string of the molecule is CC1CCc2c(sc3nnn(CC(=O)N/N=C\c4cccc(Cl)c4)c(=O)c23)C1. The van der Waals surface area contributed by atoms with E-state index in [0.717, 1.165) is 35.1 Å². The minimum absolute atomic E-state index is 0.240. The van der Waals surface area contributed by atoms with Crippen LogP contribution >= 0.6 is 22.9 Å². The van der Waals surface area contributed by atoms with Crippen LogP contribution in [0.1, 0.15) is 29.3 Å². The van der Waals surface area contributed by atoms with Crippen molar-refractivity contribution in [2.24, 2.45) is 11.0 Å². The van der Waals surface area contributed by atoms with Gasteiger partial charge in [-0.15, -0.1) is 16.4 Å². The molecule has 0 saturated carbocycles. The normalized spacial score (nSPS) is 16.4. The lowest BCUT2D eigenvalue weighted by Gasteiger charge is -2.17. The summed E-state index contributed by atoms with van der Waals surface area (Å²) < 4.78 is 1.09. The van der Waals surface area contributed by atoms with Crippen molar-refractivity contribution in [2.45, 2.75) is 32.7 Å². The fourth-order valence-corrected chi connectivity index (χ4v) is 4.85. The molecule has 0 aliphatic heterocycles. The van der Waals surface area contributed by atoms with Crippen molar-refractivity contribution < 1.29 is 4.79 Å². The fourth-order valence-electron chi connectivity index (χ4n) is 3.33. The molecule has 0 spiro atoms. The average Bonchev–Trinajstić information content (AvgIpc) is 3.02. The molecule has 0 saturated heterocycles. The van der Waals surface area contributed by atoms with E-state index in [9.17, 15) is 9.59 Å². The zero-order chi connectivity index (χ0) is 19.7. The van der Waals surface area contributed by atoms with Crippen LogP contribution in [-0.4, -0.2) is 27.1 Å². The van der Waals surface area contributed by atoms with E-state index in [1.165, 1.54) is 22.4 Å². The Hall–Kier alpha value is -2.58. The molecule has 1 N–H and O–H groups in total. The van der Waals surface area contributed by atoms with Crippen LogP contribution in [-0.2, 0) is 24.2 Å². The van der Waals surface area contributed by atoms with E-state index in [1.807, 2.05) is 6.07 Å². The van der Waals surface area contributed by atoms with Crippen molar-refractivity contribution in [3.8, 4) is 0 Å². The molecule has 1 atom stereocenters. The maximum Gasteiger partial charge on any atom is 0.279 e. The molecule has 0 fully saturated rings. The Morgan fingerprint density at radius 1 is 1.50 bits per heavy atom. The smallest absolute Gasteiger partial charge is 0.271 e. The van der Waals surface area contributed by atoms with Crippen molar-refractivity contribution >= 4 is 45.3 Å². The third kappa shape index (κ3) is 3.83. The van der Waals surface area contributed by atoms with Crippen LogP contribution in [0.5, 0.6) is 0 Å². The molecular formula is C19H18ClN5O2S. The number of thiophene rings is 1. The highest BCUT2D eigenvalue weighted by Gasteiger charge is 2.24. The second-order valence-electron chi connectivity index (χ2n) is 6.93. The highest BCUT2D eigenvalue weighted by molar-refractivity contribution is 7.18. The Balaban J connectivity index is 1.51. The first-order valence-electron chi connectivity index (χ1n) is 8.97. The van der Waals surface area contributed by atoms with Crippen LogP contribution in [0.25, 0.3) is 10.2 Å². The summed E-state index contributed by atoms with van der Waals surface area (Å²) in [6.07, 6.45) is 4.37. The van der Waals surface area contributed by atoms with Gasteiger partial charge in [0.1, 0.15) is 6.54 Å². The molecule has 1 amide bonds. The number of amides is 1. The highest BCUT2D eigenvalue weighted by Crippen LogP contribution is 2.35. The van der Waals surface area contributed by atoms with Crippen LogP contribution in [0.3, 0.4) is 0 Å². The molecule has 3 aromatic rings. The zero-order valence-corrected chi connectivity index (χ0v) is 16.8. The zero-order valence-electron chi connectivity index (χ0n) is 15.2. The lowest BCUT2D eigenvalue weighted by Crippen LogP contribution is -2.32. The van der Waals surface area contributed by atoms with E-state index in [-0.39, 0.29) is 12.1 Å². The summed E-state index contributed by atoms with van der Waals surface area (Å²) >= 11 is 7.44. The number of aromatic nitrogens is 3. The molecule has 144 valence electrons. The lowest BCUT2D eigenvalue weighted by molar-refractivity contribution is -0.121. The number of hydrogen-bond acceptors (Lipinski definition) is 6. The number of hydrogen-bond donors (Lipinski definition) is 1. The highest BCUT2D eigenvalue weighted by atomic mass is 35.5. The van der Waals surface area contributed by atoms with Crippen molar-refractivity contribution in [3.05, 3.63) is 55.6 Å². The van der Waals surface area contributed by atoms with Gasteiger partial charge in [-0.2, -0.15) is 5.10 Å². The van der Waals surface area contributed by atoms with Gasteiger partial charge in [-0.25, -0.2) is 10.1 Å². The second kappa shape index (κ2) is 7.81. The first-order chi connectivity index (χ1) is 13.5. The predicted octanol–water partition coefficient (Wildman–Crippen LogP) is 2.78. The molecule has 2 aromatic heterocycles.